The summed E-state index contributed by atoms with van der Waals surface area (Å²) in [5.74, 6) is -0.343. The molecule has 0 amide bonds. The van der Waals surface area contributed by atoms with Crippen molar-refractivity contribution >= 4 is 19.1 Å². The van der Waals surface area contributed by atoms with E-state index in [2.05, 4.69) is 4.65 Å². The fraction of sp³-hybridized carbons (Fsp3) is 0.333. The van der Waals surface area contributed by atoms with E-state index in [9.17, 15) is 9.59 Å². The molecule has 0 radical (unpaired) electrons. The Morgan fingerprint density at radius 2 is 2.12 bits per heavy atom. The normalized spacial score (nSPS) is 17.5. The van der Waals surface area contributed by atoms with E-state index in [0.29, 0.717) is 0 Å². The van der Waals surface area contributed by atoms with Gasteiger partial charge in [-0.15, -0.1) is 0 Å². The second kappa shape index (κ2) is 3.27. The average Bonchev–Trinajstić information content (AvgIpc) is 1.87. The minimum absolute atomic E-state index is 0. The van der Waals surface area contributed by atoms with E-state index in [0.717, 1.165) is 0 Å². The van der Waals surface area contributed by atoms with Gasteiger partial charge in [0.1, 0.15) is 0 Å². The molecule has 0 saturated carbocycles. The number of hydrogen-bond acceptors (Lipinski definition) is 3. The Kier molecular flexibility index (Phi) is 3.36. The summed E-state index contributed by atoms with van der Waals surface area (Å²) in [6.07, 6.45) is 0.0278. The molecule has 1 aliphatic heterocycles. The van der Waals surface area contributed by atoms with Crippen LogP contribution in [0.25, 0.3) is 0 Å². The maximum atomic E-state index is 10.2. The summed E-state index contributed by atoms with van der Waals surface area (Å²) < 4.78 is 4.40. The second-order valence-corrected chi connectivity index (χ2v) is 1.66. The maximum absolute atomic E-state index is 10.2. The zero-order chi connectivity index (χ0) is 5.28. The van der Waals surface area contributed by atoms with Crippen LogP contribution in [0.2, 0.25) is 0 Å². The van der Waals surface area contributed by atoms with Gasteiger partial charge in [-0.1, -0.05) is 0 Å². The predicted octanol–water partition coefficient (Wildman–Crippen LogP) is -4.45. The molecule has 0 bridgehead atoms. The minimum atomic E-state index is -0.963. The van der Waals surface area contributed by atoms with E-state index in [4.69, 9.17) is 0 Å². The van der Waals surface area contributed by atoms with E-state index in [-0.39, 0.29) is 47.6 Å². The van der Waals surface area contributed by atoms with Gasteiger partial charge in [-0.25, -0.2) is 0 Å². The van der Waals surface area contributed by atoms with E-state index < -0.39 is 7.48 Å². The van der Waals surface area contributed by atoms with Gasteiger partial charge >= 0.3 is 29.6 Å². The zero-order valence-electron chi connectivity index (χ0n) is 4.93. The molecule has 0 atom stereocenters. The van der Waals surface area contributed by atoms with Crippen LogP contribution in [0.3, 0.4) is 0 Å². The van der Waals surface area contributed by atoms with E-state index in [1.165, 1.54) is 0 Å². The van der Waals surface area contributed by atoms with Gasteiger partial charge < -0.3 is 9.45 Å². The van der Waals surface area contributed by atoms with Crippen LogP contribution >= 0.6 is 0 Å². The first-order valence-electron chi connectivity index (χ1n) is 2.23. The Balaban J connectivity index is 0.000000490. The molecule has 1 aliphatic rings. The third-order valence-electron chi connectivity index (χ3n) is 0.951. The predicted molar refractivity (Wildman–Crippen MR) is 24.3 cm³/mol. The standard InChI is InChI=1S/C3H4BO3.Na/c5-2-1-3(6)7-4-2;/h1,4H2;/q-1;+1. The van der Waals surface area contributed by atoms with Crippen LogP contribution in [0.15, 0.2) is 0 Å². The van der Waals surface area contributed by atoms with Crippen molar-refractivity contribution in [3.05, 3.63) is 0 Å². The largest absolute Gasteiger partial charge is 1.00 e. The molecule has 5 heteroatoms. The molecular weight excluding hydrogens is 118 g/mol. The van der Waals surface area contributed by atoms with Crippen molar-refractivity contribution in [2.24, 2.45) is 0 Å². The number of hydrogen-bond donors (Lipinski definition) is 0. The molecule has 0 unspecified atom stereocenters. The van der Waals surface area contributed by atoms with Crippen molar-refractivity contribution in [2.45, 2.75) is 6.42 Å². The summed E-state index contributed by atoms with van der Waals surface area (Å²) in [6.45, 7) is 0. The molecule has 1 saturated heterocycles. The summed E-state index contributed by atoms with van der Waals surface area (Å²) in [4.78, 5) is 20.2. The minimum Gasteiger partial charge on any atom is -0.686 e. The molecule has 0 aromatic carbocycles. The Labute approximate surface area is 69.3 Å². The topological polar surface area (TPSA) is 43.4 Å². The molecule has 1 heterocycles. The van der Waals surface area contributed by atoms with Crippen LogP contribution in [0.1, 0.15) is 6.42 Å². The van der Waals surface area contributed by atoms with Gasteiger partial charge in [0.25, 0.3) is 5.97 Å². The van der Waals surface area contributed by atoms with E-state index in [1.54, 1.807) is 0 Å². The summed E-state index contributed by atoms with van der Waals surface area (Å²) in [6, 6.07) is 0. The van der Waals surface area contributed by atoms with Crippen molar-refractivity contribution in [3.63, 3.8) is 0 Å². The number of carbonyl (C=O) groups excluding carboxylic acids is 2. The molecule has 0 aromatic heterocycles. The zero-order valence-corrected chi connectivity index (χ0v) is 6.93. The molecule has 0 aliphatic carbocycles. The molecule has 8 heavy (non-hydrogen) atoms. The van der Waals surface area contributed by atoms with Crippen LogP contribution in [0.4, 0.5) is 0 Å². The van der Waals surface area contributed by atoms with Gasteiger partial charge in [0.2, 0.25) is 7.48 Å². The first-order chi connectivity index (χ1) is 3.29. The molecular formula is C3H4BNaO3. The maximum Gasteiger partial charge on any atom is 1.00 e. The number of rotatable bonds is 0. The average molecular weight is 122 g/mol. The summed E-state index contributed by atoms with van der Waals surface area (Å²) in [7, 11) is -0.963. The molecule has 0 N–H and O–H groups in total. The van der Waals surface area contributed by atoms with Crippen LogP contribution in [-0.4, -0.2) is 19.1 Å². The molecule has 3 nitrogen and oxygen atoms in total. The molecule has 0 aromatic rings. The third-order valence-corrected chi connectivity index (χ3v) is 0.951. The summed E-state index contributed by atoms with van der Waals surface area (Å²) in [5, 5.41) is 0. The van der Waals surface area contributed by atoms with E-state index in [1.807, 2.05) is 0 Å². The Morgan fingerprint density at radius 1 is 1.50 bits per heavy atom. The van der Waals surface area contributed by atoms with Gasteiger partial charge in [0.05, 0.1) is 6.42 Å². The molecule has 1 rings (SSSR count). The van der Waals surface area contributed by atoms with Gasteiger partial charge in [-0.05, 0) is 0 Å². The Morgan fingerprint density at radius 3 is 2.25 bits per heavy atom. The Bertz CT molecular complexity index is 110. The first kappa shape index (κ1) is 8.20. The Hall–Kier alpha value is 0.205. The van der Waals surface area contributed by atoms with Gasteiger partial charge in [-0.2, -0.15) is 0 Å². The van der Waals surface area contributed by atoms with Gasteiger partial charge in [0.15, 0.2) is 0 Å². The van der Waals surface area contributed by atoms with E-state index >= 15 is 0 Å². The van der Waals surface area contributed by atoms with Crippen LogP contribution in [0, 0.1) is 0 Å². The molecule has 38 valence electrons. The van der Waals surface area contributed by atoms with Crippen molar-refractivity contribution in [2.75, 3.05) is 0 Å². The van der Waals surface area contributed by atoms with Crippen molar-refractivity contribution in [3.8, 4) is 0 Å². The smallest absolute Gasteiger partial charge is 0.686 e. The van der Waals surface area contributed by atoms with Crippen LogP contribution in [-0.2, 0) is 14.2 Å². The monoisotopic (exact) mass is 122 g/mol. The fourth-order valence-corrected chi connectivity index (χ4v) is 0.575. The number of carbonyl (C=O) groups is 2. The van der Waals surface area contributed by atoms with Crippen molar-refractivity contribution in [1.82, 2.24) is 0 Å². The van der Waals surface area contributed by atoms with Gasteiger partial charge in [-0.3, -0.25) is 4.79 Å². The summed E-state index contributed by atoms with van der Waals surface area (Å²) in [5.41, 5.74) is 0.00463. The fourth-order valence-electron chi connectivity index (χ4n) is 0.575. The van der Waals surface area contributed by atoms with Crippen molar-refractivity contribution < 1.29 is 43.8 Å². The second-order valence-electron chi connectivity index (χ2n) is 1.66. The molecule has 0 spiro atoms. The van der Waals surface area contributed by atoms with Crippen LogP contribution < -0.4 is 29.6 Å². The third kappa shape index (κ3) is 1.98. The molecule has 1 fully saturated rings. The SMILES string of the molecule is O=C1[BH2-]OC(=O)C1.[Na+]. The first-order valence-corrected chi connectivity index (χ1v) is 2.23. The summed E-state index contributed by atoms with van der Waals surface area (Å²) >= 11 is 0. The van der Waals surface area contributed by atoms with Gasteiger partial charge in [0, 0.05) is 5.68 Å². The quantitative estimate of drug-likeness (QED) is 0.240. The van der Waals surface area contributed by atoms with Crippen LogP contribution in [0.5, 0.6) is 0 Å². The van der Waals surface area contributed by atoms with Crippen molar-refractivity contribution in [1.29, 1.82) is 0 Å².